The molecule has 1 fully saturated rings. The first-order chi connectivity index (χ1) is 11.4. The van der Waals surface area contributed by atoms with E-state index in [4.69, 9.17) is 4.74 Å². The topological polar surface area (TPSA) is 50.4 Å². The van der Waals surface area contributed by atoms with Crippen molar-refractivity contribution in [2.24, 2.45) is 5.92 Å². The predicted octanol–water partition coefficient (Wildman–Crippen LogP) is 3.36. The summed E-state index contributed by atoms with van der Waals surface area (Å²) in [6.07, 6.45) is -1.96. The number of hydrogen-bond donors (Lipinski definition) is 2. The number of alkyl halides is 3. The second-order valence-electron chi connectivity index (χ2n) is 6.08. The van der Waals surface area contributed by atoms with Crippen LogP contribution in [0.5, 0.6) is 0 Å². The molecule has 7 heteroatoms. The minimum Gasteiger partial charge on any atom is -0.381 e. The fourth-order valence-electron chi connectivity index (χ4n) is 2.77. The van der Waals surface area contributed by atoms with Crippen LogP contribution in [0, 0.1) is 5.92 Å². The normalized spacial score (nSPS) is 17.3. The van der Waals surface area contributed by atoms with Gasteiger partial charge in [-0.05, 0) is 49.8 Å². The Morgan fingerprint density at radius 2 is 1.88 bits per heavy atom. The van der Waals surface area contributed by atoms with E-state index in [1.807, 2.05) is 6.92 Å². The van der Waals surface area contributed by atoms with Gasteiger partial charge in [0.1, 0.15) is 0 Å². The monoisotopic (exact) mass is 344 g/mol. The van der Waals surface area contributed by atoms with Crippen molar-refractivity contribution in [1.29, 1.82) is 0 Å². The number of carbonyl (C=O) groups is 1. The molecule has 1 aliphatic heterocycles. The number of ether oxygens (including phenoxy) is 1. The van der Waals surface area contributed by atoms with Crippen LogP contribution in [-0.2, 0) is 17.3 Å². The molecule has 0 spiro atoms. The molecule has 0 aliphatic carbocycles. The smallest absolute Gasteiger partial charge is 0.381 e. The largest absolute Gasteiger partial charge is 0.416 e. The van der Waals surface area contributed by atoms with Crippen molar-refractivity contribution >= 4 is 6.03 Å². The molecule has 2 rings (SSSR count). The predicted molar refractivity (Wildman–Crippen MR) is 84.7 cm³/mol. The van der Waals surface area contributed by atoms with Crippen LogP contribution in [0.2, 0.25) is 0 Å². The Kier molecular flexibility index (Phi) is 6.48. The molecule has 0 radical (unpaired) electrons. The lowest BCUT2D eigenvalue weighted by atomic mass is 9.93. The van der Waals surface area contributed by atoms with Gasteiger partial charge in [0.25, 0.3) is 0 Å². The van der Waals surface area contributed by atoms with Crippen molar-refractivity contribution < 1.29 is 22.7 Å². The molecule has 1 aliphatic rings. The first-order valence-corrected chi connectivity index (χ1v) is 8.14. The van der Waals surface area contributed by atoms with Crippen molar-refractivity contribution in [1.82, 2.24) is 10.6 Å². The number of benzene rings is 1. The average molecular weight is 344 g/mol. The number of nitrogens with one attached hydrogen (secondary N) is 2. The second kappa shape index (κ2) is 8.37. The fourth-order valence-corrected chi connectivity index (χ4v) is 2.77. The van der Waals surface area contributed by atoms with Gasteiger partial charge >= 0.3 is 12.2 Å². The number of amides is 2. The Balaban J connectivity index is 1.70. The maximum Gasteiger partial charge on any atom is 0.416 e. The Morgan fingerprint density at radius 3 is 2.46 bits per heavy atom. The summed E-state index contributed by atoms with van der Waals surface area (Å²) in [5.74, 6) is 0.416. The third-order valence-corrected chi connectivity index (χ3v) is 4.31. The summed E-state index contributed by atoms with van der Waals surface area (Å²) in [5, 5.41) is 5.65. The first-order valence-electron chi connectivity index (χ1n) is 8.14. The van der Waals surface area contributed by atoms with Crippen molar-refractivity contribution in [3.05, 3.63) is 35.4 Å². The maximum absolute atomic E-state index is 12.5. The summed E-state index contributed by atoms with van der Waals surface area (Å²) in [4.78, 5) is 11.9. The molecular formula is C17H23F3N2O2. The SMILES string of the molecule is CC(NC(=O)NCCc1ccc(C(F)(F)F)cc1)C1CCOCC1. The Morgan fingerprint density at radius 1 is 1.25 bits per heavy atom. The summed E-state index contributed by atoms with van der Waals surface area (Å²) >= 11 is 0. The lowest BCUT2D eigenvalue weighted by Crippen LogP contribution is -2.45. The van der Waals surface area contributed by atoms with Gasteiger partial charge in [-0.25, -0.2) is 4.79 Å². The molecule has 0 bridgehead atoms. The Bertz CT molecular complexity index is 526. The van der Waals surface area contributed by atoms with Gasteiger partial charge in [0.05, 0.1) is 5.56 Å². The van der Waals surface area contributed by atoms with Gasteiger partial charge < -0.3 is 15.4 Å². The van der Waals surface area contributed by atoms with E-state index in [9.17, 15) is 18.0 Å². The van der Waals surface area contributed by atoms with E-state index in [1.54, 1.807) is 0 Å². The van der Waals surface area contributed by atoms with E-state index >= 15 is 0 Å². The Labute approximate surface area is 139 Å². The summed E-state index contributed by atoms with van der Waals surface area (Å²) in [6, 6.07) is 4.81. The van der Waals surface area contributed by atoms with Crippen LogP contribution in [0.15, 0.2) is 24.3 Å². The van der Waals surface area contributed by atoms with E-state index in [0.717, 1.165) is 43.8 Å². The zero-order valence-corrected chi connectivity index (χ0v) is 13.7. The van der Waals surface area contributed by atoms with Crippen molar-refractivity contribution in [3.63, 3.8) is 0 Å². The summed E-state index contributed by atoms with van der Waals surface area (Å²) in [7, 11) is 0. The molecule has 1 saturated heterocycles. The van der Waals surface area contributed by atoms with Crippen molar-refractivity contribution in [3.8, 4) is 0 Å². The zero-order valence-electron chi connectivity index (χ0n) is 13.7. The standard InChI is InChI=1S/C17H23F3N2O2/c1-12(14-7-10-24-11-8-14)22-16(23)21-9-6-13-2-4-15(5-3-13)17(18,19)20/h2-5,12,14H,6-11H2,1H3,(H2,21,22,23). The van der Waals surface area contributed by atoms with Crippen LogP contribution in [0.4, 0.5) is 18.0 Å². The molecule has 1 atom stereocenters. The number of rotatable bonds is 5. The summed E-state index contributed by atoms with van der Waals surface area (Å²) in [6.45, 7) is 3.81. The zero-order chi connectivity index (χ0) is 17.6. The van der Waals surface area contributed by atoms with E-state index in [-0.39, 0.29) is 12.1 Å². The van der Waals surface area contributed by atoms with Crippen LogP contribution < -0.4 is 10.6 Å². The van der Waals surface area contributed by atoms with Crippen LogP contribution in [0.1, 0.15) is 30.9 Å². The van der Waals surface area contributed by atoms with Gasteiger partial charge in [-0.15, -0.1) is 0 Å². The van der Waals surface area contributed by atoms with Crippen LogP contribution in [-0.4, -0.2) is 31.8 Å². The molecule has 134 valence electrons. The highest BCUT2D eigenvalue weighted by atomic mass is 19.4. The molecule has 1 heterocycles. The highest BCUT2D eigenvalue weighted by Gasteiger charge is 2.29. The van der Waals surface area contributed by atoms with Crippen molar-refractivity contribution in [2.45, 2.75) is 38.4 Å². The lowest BCUT2D eigenvalue weighted by Gasteiger charge is -2.28. The molecule has 0 saturated carbocycles. The van der Waals surface area contributed by atoms with E-state index < -0.39 is 11.7 Å². The number of urea groups is 1. The van der Waals surface area contributed by atoms with Gasteiger partial charge in [-0.1, -0.05) is 12.1 Å². The van der Waals surface area contributed by atoms with Gasteiger partial charge in [-0.2, -0.15) is 13.2 Å². The third kappa shape index (κ3) is 5.70. The number of halogens is 3. The van der Waals surface area contributed by atoms with Gasteiger partial charge in [0.15, 0.2) is 0 Å². The highest BCUT2D eigenvalue weighted by molar-refractivity contribution is 5.74. The molecule has 4 nitrogen and oxygen atoms in total. The minimum absolute atomic E-state index is 0.0694. The maximum atomic E-state index is 12.5. The van der Waals surface area contributed by atoms with Crippen LogP contribution in [0.25, 0.3) is 0 Å². The lowest BCUT2D eigenvalue weighted by molar-refractivity contribution is -0.137. The van der Waals surface area contributed by atoms with Crippen molar-refractivity contribution in [2.75, 3.05) is 19.8 Å². The minimum atomic E-state index is -4.32. The second-order valence-corrected chi connectivity index (χ2v) is 6.08. The van der Waals surface area contributed by atoms with Crippen LogP contribution in [0.3, 0.4) is 0 Å². The Hall–Kier alpha value is -1.76. The fraction of sp³-hybridized carbons (Fsp3) is 0.588. The van der Waals surface area contributed by atoms with E-state index in [1.165, 1.54) is 12.1 Å². The molecule has 2 amide bonds. The third-order valence-electron chi connectivity index (χ3n) is 4.31. The number of hydrogen-bond acceptors (Lipinski definition) is 2. The van der Waals surface area contributed by atoms with Gasteiger partial charge in [-0.3, -0.25) is 0 Å². The number of carbonyl (C=O) groups excluding carboxylic acids is 1. The van der Waals surface area contributed by atoms with E-state index in [0.29, 0.717) is 18.9 Å². The summed E-state index contributed by atoms with van der Waals surface area (Å²) < 4.78 is 42.7. The molecule has 1 unspecified atom stereocenters. The summed E-state index contributed by atoms with van der Waals surface area (Å²) in [5.41, 5.74) is 0.0861. The average Bonchev–Trinajstić information content (AvgIpc) is 2.55. The van der Waals surface area contributed by atoms with Gasteiger partial charge in [0.2, 0.25) is 0 Å². The van der Waals surface area contributed by atoms with Gasteiger partial charge in [0, 0.05) is 25.8 Å². The first kappa shape index (κ1) is 18.6. The quantitative estimate of drug-likeness (QED) is 0.860. The molecule has 0 aromatic heterocycles. The highest BCUT2D eigenvalue weighted by Crippen LogP contribution is 2.29. The molecule has 1 aromatic rings. The molecule has 1 aromatic carbocycles. The van der Waals surface area contributed by atoms with E-state index in [2.05, 4.69) is 10.6 Å². The molecule has 24 heavy (non-hydrogen) atoms. The van der Waals surface area contributed by atoms with Crippen LogP contribution >= 0.6 is 0 Å². The molecule has 2 N–H and O–H groups in total. The molecular weight excluding hydrogens is 321 g/mol.